The molecule has 0 spiro atoms. The second kappa shape index (κ2) is 4.85. The van der Waals surface area contributed by atoms with Gasteiger partial charge in [0, 0.05) is 5.69 Å². The van der Waals surface area contributed by atoms with Crippen molar-refractivity contribution in [1.82, 2.24) is 9.97 Å². The molecule has 0 saturated carbocycles. The molecule has 19 heavy (non-hydrogen) atoms. The zero-order valence-corrected chi connectivity index (χ0v) is 11.0. The van der Waals surface area contributed by atoms with Gasteiger partial charge in [-0.05, 0) is 23.8 Å². The van der Waals surface area contributed by atoms with Crippen LogP contribution in [0.4, 0.5) is 5.69 Å². The zero-order valence-electron chi connectivity index (χ0n) is 10.2. The van der Waals surface area contributed by atoms with Crippen LogP contribution in [0, 0.1) is 0 Å². The fourth-order valence-electron chi connectivity index (χ4n) is 1.91. The number of hydrogen-bond acceptors (Lipinski definition) is 3. The second-order valence-corrected chi connectivity index (χ2v) is 5.66. The fourth-order valence-corrected chi connectivity index (χ4v) is 2.96. The number of hydrogen-bond donors (Lipinski definition) is 2. The molecule has 0 aliphatic carbocycles. The minimum Gasteiger partial charge on any atom is -0.399 e. The molecule has 3 rings (SSSR count). The molecule has 96 valence electrons. The van der Waals surface area contributed by atoms with Gasteiger partial charge in [-0.15, -0.1) is 0 Å². The maximum atomic E-state index is 12.3. The highest BCUT2D eigenvalue weighted by atomic mass is 32.2. The molecule has 5 heteroatoms. The summed E-state index contributed by atoms with van der Waals surface area (Å²) in [5, 5.41) is 0.490. The number of benzene rings is 2. The van der Waals surface area contributed by atoms with Crippen molar-refractivity contribution in [2.45, 2.75) is 10.9 Å². The van der Waals surface area contributed by atoms with Crippen LogP contribution in [0.25, 0.3) is 11.0 Å². The quantitative estimate of drug-likeness (QED) is 0.719. The second-order valence-electron chi connectivity index (χ2n) is 4.29. The Morgan fingerprint density at radius 1 is 1.16 bits per heavy atom. The van der Waals surface area contributed by atoms with E-state index in [0.29, 0.717) is 16.6 Å². The summed E-state index contributed by atoms with van der Waals surface area (Å²) in [5.74, 6) is 0.455. The molecule has 1 unspecified atom stereocenters. The van der Waals surface area contributed by atoms with Gasteiger partial charge in [0.15, 0.2) is 5.16 Å². The highest BCUT2D eigenvalue weighted by molar-refractivity contribution is 7.84. The molecule has 1 heterocycles. The maximum absolute atomic E-state index is 12.3. The predicted molar refractivity (Wildman–Crippen MR) is 77.1 cm³/mol. The van der Waals surface area contributed by atoms with Crippen LogP contribution in [0.2, 0.25) is 0 Å². The molecule has 0 bridgehead atoms. The molecule has 0 saturated heterocycles. The Labute approximate surface area is 113 Å². The van der Waals surface area contributed by atoms with E-state index in [1.165, 1.54) is 0 Å². The number of anilines is 1. The summed E-state index contributed by atoms with van der Waals surface area (Å²) in [6, 6.07) is 15.1. The number of fused-ring (bicyclic) bond motifs is 1. The molecule has 4 nitrogen and oxygen atoms in total. The van der Waals surface area contributed by atoms with E-state index in [1.54, 1.807) is 12.1 Å². The van der Waals surface area contributed by atoms with Gasteiger partial charge >= 0.3 is 0 Å². The van der Waals surface area contributed by atoms with E-state index < -0.39 is 10.8 Å². The monoisotopic (exact) mass is 271 g/mol. The Kier molecular flexibility index (Phi) is 3.05. The lowest BCUT2D eigenvalue weighted by molar-refractivity contribution is 0.677. The molecule has 0 aliphatic heterocycles. The van der Waals surface area contributed by atoms with Crippen molar-refractivity contribution in [3.63, 3.8) is 0 Å². The van der Waals surface area contributed by atoms with E-state index in [-0.39, 0.29) is 0 Å². The topological polar surface area (TPSA) is 71.8 Å². The molecule has 1 atom stereocenters. The van der Waals surface area contributed by atoms with Crippen molar-refractivity contribution in [2.24, 2.45) is 0 Å². The number of aromatic nitrogens is 2. The molecular formula is C14H13N3OS. The lowest BCUT2D eigenvalue weighted by Crippen LogP contribution is -1.98. The Hall–Kier alpha value is -2.14. The maximum Gasteiger partial charge on any atom is 0.197 e. The molecule has 3 N–H and O–H groups in total. The van der Waals surface area contributed by atoms with Crippen LogP contribution in [0.5, 0.6) is 0 Å². The molecule has 2 aromatic carbocycles. The molecule has 1 aromatic heterocycles. The van der Waals surface area contributed by atoms with Crippen LogP contribution in [-0.4, -0.2) is 14.2 Å². The molecular weight excluding hydrogens is 258 g/mol. The van der Waals surface area contributed by atoms with E-state index >= 15 is 0 Å². The summed E-state index contributed by atoms with van der Waals surface area (Å²) < 4.78 is 12.3. The third-order valence-corrected chi connectivity index (χ3v) is 4.06. The molecule has 3 aromatic rings. The van der Waals surface area contributed by atoms with Gasteiger partial charge in [-0.3, -0.25) is 4.21 Å². The van der Waals surface area contributed by atoms with Crippen LogP contribution in [0.15, 0.2) is 53.7 Å². The Balaban J connectivity index is 1.89. The first kappa shape index (κ1) is 11.9. The number of nitrogens with zero attached hydrogens (tertiary/aromatic N) is 1. The van der Waals surface area contributed by atoms with E-state index in [4.69, 9.17) is 5.73 Å². The lowest BCUT2D eigenvalue weighted by Gasteiger charge is -1.98. The number of nitrogen functional groups attached to an aromatic ring is 1. The molecule has 0 radical (unpaired) electrons. The van der Waals surface area contributed by atoms with Crippen LogP contribution < -0.4 is 5.73 Å². The van der Waals surface area contributed by atoms with Gasteiger partial charge in [-0.2, -0.15) is 0 Å². The first-order chi connectivity index (χ1) is 9.22. The summed E-state index contributed by atoms with van der Waals surface area (Å²) >= 11 is 0. The number of rotatable bonds is 3. The molecule has 0 amide bonds. The van der Waals surface area contributed by atoms with E-state index in [2.05, 4.69) is 9.97 Å². The van der Waals surface area contributed by atoms with Crippen molar-refractivity contribution >= 4 is 27.5 Å². The number of nitrogens with two attached hydrogens (primary N) is 1. The Bertz CT molecular complexity index is 737. The highest BCUT2D eigenvalue weighted by Gasteiger charge is 2.10. The first-order valence-electron chi connectivity index (χ1n) is 5.90. The Morgan fingerprint density at radius 2 is 1.95 bits per heavy atom. The van der Waals surface area contributed by atoms with E-state index in [0.717, 1.165) is 16.6 Å². The van der Waals surface area contributed by atoms with Crippen molar-refractivity contribution in [3.05, 3.63) is 54.1 Å². The zero-order chi connectivity index (χ0) is 13.2. The lowest BCUT2D eigenvalue weighted by atomic mass is 10.2. The third kappa shape index (κ3) is 2.51. The van der Waals surface area contributed by atoms with E-state index in [1.807, 2.05) is 36.4 Å². The van der Waals surface area contributed by atoms with Crippen LogP contribution in [-0.2, 0) is 16.6 Å². The standard InChI is InChI=1S/C14H13N3OS/c15-11-6-7-12-13(8-11)17-14(16-12)19(18)9-10-4-2-1-3-5-10/h1-8H,9,15H2,(H,16,17). The van der Waals surface area contributed by atoms with Crippen molar-refractivity contribution in [3.8, 4) is 0 Å². The van der Waals surface area contributed by atoms with Gasteiger partial charge in [0.1, 0.15) is 0 Å². The van der Waals surface area contributed by atoms with Crippen LogP contribution in [0.1, 0.15) is 5.56 Å². The largest absolute Gasteiger partial charge is 0.399 e. The first-order valence-corrected chi connectivity index (χ1v) is 7.22. The summed E-state index contributed by atoms with van der Waals surface area (Å²) in [6.45, 7) is 0. The normalized spacial score (nSPS) is 12.6. The van der Waals surface area contributed by atoms with Crippen LogP contribution in [0.3, 0.4) is 0 Å². The van der Waals surface area contributed by atoms with Crippen LogP contribution >= 0.6 is 0 Å². The van der Waals surface area contributed by atoms with Gasteiger partial charge in [-0.1, -0.05) is 30.3 Å². The third-order valence-electron chi connectivity index (χ3n) is 2.84. The van der Waals surface area contributed by atoms with Gasteiger partial charge in [0.2, 0.25) is 0 Å². The number of aromatic amines is 1. The molecule has 0 fully saturated rings. The molecule has 0 aliphatic rings. The summed E-state index contributed by atoms with van der Waals surface area (Å²) in [4.78, 5) is 7.40. The van der Waals surface area contributed by atoms with Gasteiger partial charge in [0.05, 0.1) is 27.6 Å². The predicted octanol–water partition coefficient (Wildman–Crippen LogP) is 2.45. The van der Waals surface area contributed by atoms with Gasteiger partial charge in [-0.25, -0.2) is 4.98 Å². The SMILES string of the molecule is Nc1ccc2nc(S(=O)Cc3ccccc3)[nH]c2c1. The van der Waals surface area contributed by atoms with Crippen molar-refractivity contribution < 1.29 is 4.21 Å². The van der Waals surface area contributed by atoms with E-state index in [9.17, 15) is 4.21 Å². The van der Waals surface area contributed by atoms with Crippen molar-refractivity contribution in [1.29, 1.82) is 0 Å². The minimum absolute atomic E-state index is 0.455. The smallest absolute Gasteiger partial charge is 0.197 e. The minimum atomic E-state index is -1.18. The van der Waals surface area contributed by atoms with Gasteiger partial charge < -0.3 is 10.7 Å². The Morgan fingerprint density at radius 3 is 2.74 bits per heavy atom. The number of imidazole rings is 1. The summed E-state index contributed by atoms with van der Waals surface area (Å²) in [6.07, 6.45) is 0. The van der Waals surface area contributed by atoms with Gasteiger partial charge in [0.25, 0.3) is 0 Å². The van der Waals surface area contributed by atoms with Crippen molar-refractivity contribution in [2.75, 3.05) is 5.73 Å². The average molecular weight is 271 g/mol. The highest BCUT2D eigenvalue weighted by Crippen LogP contribution is 2.18. The summed E-state index contributed by atoms with van der Waals surface area (Å²) in [5.41, 5.74) is 9.00. The number of H-pyrrole nitrogens is 1. The number of nitrogens with one attached hydrogen (secondary N) is 1. The average Bonchev–Trinajstić information content (AvgIpc) is 2.83. The fraction of sp³-hybridized carbons (Fsp3) is 0.0714. The summed E-state index contributed by atoms with van der Waals surface area (Å²) in [7, 11) is -1.18.